The van der Waals surface area contributed by atoms with Crippen LogP contribution in [0.25, 0.3) is 0 Å². The van der Waals surface area contributed by atoms with Crippen molar-refractivity contribution >= 4 is 5.71 Å². The van der Waals surface area contributed by atoms with Gasteiger partial charge in [-0.25, -0.2) is 0 Å². The third-order valence-corrected chi connectivity index (χ3v) is 8.38. The number of aliphatic hydroxyl groups excluding tert-OH is 1. The predicted molar refractivity (Wildman–Crippen MR) is 87.0 cm³/mol. The molecule has 0 spiro atoms. The lowest BCUT2D eigenvalue weighted by atomic mass is 9.44. The van der Waals surface area contributed by atoms with Gasteiger partial charge in [-0.2, -0.15) is 0 Å². The zero-order chi connectivity index (χ0) is 15.5. The van der Waals surface area contributed by atoms with Crippen molar-refractivity contribution in [2.45, 2.75) is 77.7 Å². The molecule has 4 saturated carbocycles. The van der Waals surface area contributed by atoms with E-state index in [0.717, 1.165) is 30.9 Å². The molecule has 0 aliphatic heterocycles. The molecular weight excluding hydrogens is 274 g/mol. The summed E-state index contributed by atoms with van der Waals surface area (Å²) in [6, 6.07) is 0. The van der Waals surface area contributed by atoms with Crippen molar-refractivity contribution in [3.63, 3.8) is 0 Å². The molecule has 0 bridgehead atoms. The maximum absolute atomic E-state index is 11.1. The van der Waals surface area contributed by atoms with Crippen LogP contribution in [0.1, 0.15) is 71.6 Å². The van der Waals surface area contributed by atoms with Gasteiger partial charge in [0.05, 0.1) is 11.8 Å². The highest BCUT2D eigenvalue weighted by molar-refractivity contribution is 5.92. The van der Waals surface area contributed by atoms with Crippen LogP contribution in [0.15, 0.2) is 5.16 Å². The van der Waals surface area contributed by atoms with E-state index < -0.39 is 0 Å². The van der Waals surface area contributed by atoms with Crippen molar-refractivity contribution in [1.82, 2.24) is 0 Å². The monoisotopic (exact) mass is 305 g/mol. The minimum Gasteiger partial charge on any atom is -0.411 e. The van der Waals surface area contributed by atoms with Crippen LogP contribution >= 0.6 is 0 Å². The summed E-state index contributed by atoms with van der Waals surface area (Å²) in [4.78, 5) is 0. The molecule has 0 unspecified atom stereocenters. The van der Waals surface area contributed by atoms with Gasteiger partial charge in [-0.15, -0.1) is 0 Å². The minimum atomic E-state index is -0.216. The van der Waals surface area contributed by atoms with Crippen molar-refractivity contribution in [3.8, 4) is 0 Å². The zero-order valence-electron chi connectivity index (χ0n) is 14.1. The Morgan fingerprint density at radius 1 is 1.09 bits per heavy atom. The molecule has 0 heterocycles. The Hall–Kier alpha value is -0.570. The Bertz CT molecular complexity index is 490. The molecule has 124 valence electrons. The lowest BCUT2D eigenvalue weighted by Gasteiger charge is -2.61. The topological polar surface area (TPSA) is 52.8 Å². The number of nitrogens with zero attached hydrogens (tertiary/aromatic N) is 1. The van der Waals surface area contributed by atoms with Crippen LogP contribution in [0.3, 0.4) is 0 Å². The van der Waals surface area contributed by atoms with Gasteiger partial charge in [-0.3, -0.25) is 0 Å². The van der Waals surface area contributed by atoms with Crippen LogP contribution in [0.5, 0.6) is 0 Å². The molecule has 0 aromatic rings. The summed E-state index contributed by atoms with van der Waals surface area (Å²) in [7, 11) is 0. The van der Waals surface area contributed by atoms with Crippen LogP contribution in [0.4, 0.5) is 0 Å². The first-order chi connectivity index (χ1) is 10.5. The molecule has 2 N–H and O–H groups in total. The molecule has 4 aliphatic rings. The van der Waals surface area contributed by atoms with E-state index in [-0.39, 0.29) is 11.5 Å². The first kappa shape index (κ1) is 15.0. The van der Waals surface area contributed by atoms with E-state index in [4.69, 9.17) is 0 Å². The number of hydrogen-bond donors (Lipinski definition) is 2. The Balaban J connectivity index is 1.71. The molecule has 3 nitrogen and oxygen atoms in total. The second-order valence-electron chi connectivity index (χ2n) is 9.10. The zero-order valence-corrected chi connectivity index (χ0v) is 14.1. The van der Waals surface area contributed by atoms with Crippen LogP contribution < -0.4 is 0 Å². The summed E-state index contributed by atoms with van der Waals surface area (Å²) in [5.74, 6) is 2.55. The van der Waals surface area contributed by atoms with E-state index in [1.807, 2.05) is 0 Å². The molecule has 7 atom stereocenters. The summed E-state index contributed by atoms with van der Waals surface area (Å²) >= 11 is 0. The summed E-state index contributed by atoms with van der Waals surface area (Å²) in [5.41, 5.74) is 1.24. The summed E-state index contributed by atoms with van der Waals surface area (Å²) in [5, 5.41) is 24.1. The smallest absolute Gasteiger partial charge is 0.0633 e. The maximum Gasteiger partial charge on any atom is 0.0633 e. The Morgan fingerprint density at radius 2 is 1.91 bits per heavy atom. The van der Waals surface area contributed by atoms with Gasteiger partial charge in [0, 0.05) is 5.41 Å². The molecular formula is C19H31NO2. The molecule has 3 heteroatoms. The number of oxime groups is 1. The minimum absolute atomic E-state index is 0.0623. The van der Waals surface area contributed by atoms with E-state index in [2.05, 4.69) is 19.0 Å². The molecule has 22 heavy (non-hydrogen) atoms. The number of fused-ring (bicyclic) bond motifs is 5. The van der Waals surface area contributed by atoms with Crippen LogP contribution in [-0.2, 0) is 0 Å². The quantitative estimate of drug-likeness (QED) is 0.520. The molecule has 4 rings (SSSR count). The van der Waals surface area contributed by atoms with Gasteiger partial charge >= 0.3 is 0 Å². The highest BCUT2D eigenvalue weighted by Crippen LogP contribution is 2.65. The summed E-state index contributed by atoms with van der Waals surface area (Å²) in [6.07, 6.45) is 10.7. The predicted octanol–water partition coefficient (Wildman–Crippen LogP) is 4.22. The lowest BCUT2D eigenvalue weighted by molar-refractivity contribution is -0.153. The average Bonchev–Trinajstić information content (AvgIpc) is 2.82. The molecule has 0 amide bonds. The Labute approximate surface area is 134 Å². The van der Waals surface area contributed by atoms with E-state index in [1.165, 1.54) is 38.5 Å². The first-order valence-corrected chi connectivity index (χ1v) is 9.40. The normalized spacial score (nSPS) is 56.3. The number of rotatable bonds is 0. The SMILES string of the molecule is C[C@]12CCCC[C@@H]1CC[C@@H]1[C@@H]2[C@H](O)C[C@]2(C)/C(=N/O)CC[C@@H]12. The van der Waals surface area contributed by atoms with Gasteiger partial charge in [0.15, 0.2) is 0 Å². The number of aliphatic hydroxyl groups is 1. The first-order valence-electron chi connectivity index (χ1n) is 9.40. The van der Waals surface area contributed by atoms with Gasteiger partial charge in [0.25, 0.3) is 0 Å². The highest BCUT2D eigenvalue weighted by atomic mass is 16.4. The maximum atomic E-state index is 11.1. The molecule has 0 radical (unpaired) electrons. The van der Waals surface area contributed by atoms with Gasteiger partial charge < -0.3 is 10.3 Å². The lowest BCUT2D eigenvalue weighted by Crippen LogP contribution is -2.58. The van der Waals surface area contributed by atoms with Gasteiger partial charge in [-0.1, -0.05) is 31.8 Å². The van der Waals surface area contributed by atoms with Crippen LogP contribution in [0.2, 0.25) is 0 Å². The third kappa shape index (κ3) is 1.81. The Morgan fingerprint density at radius 3 is 2.68 bits per heavy atom. The fourth-order valence-electron chi connectivity index (χ4n) is 7.37. The fraction of sp³-hybridized carbons (Fsp3) is 0.947. The van der Waals surface area contributed by atoms with E-state index >= 15 is 0 Å². The van der Waals surface area contributed by atoms with E-state index in [1.54, 1.807) is 0 Å². The molecule has 0 aromatic heterocycles. The standard InChI is InChI=1S/C19H31NO2/c1-18-10-4-3-5-12(18)6-7-13-14-8-9-16(20-22)19(14,2)11-15(21)17(13)18/h12-15,17,21-22H,3-11H2,1-2H3/b20-16+/t12-,13+,14+,15-,17-,18+,19+/m1/s1. The van der Waals surface area contributed by atoms with Gasteiger partial charge in [-0.05, 0) is 74.0 Å². The largest absolute Gasteiger partial charge is 0.411 e. The van der Waals surface area contributed by atoms with Crippen LogP contribution in [-0.4, -0.2) is 22.1 Å². The molecule has 0 aromatic carbocycles. The van der Waals surface area contributed by atoms with Crippen LogP contribution in [0, 0.1) is 34.5 Å². The number of hydrogen-bond acceptors (Lipinski definition) is 3. The summed E-state index contributed by atoms with van der Waals surface area (Å²) in [6.45, 7) is 4.73. The molecule has 0 saturated heterocycles. The van der Waals surface area contributed by atoms with Crippen molar-refractivity contribution in [2.75, 3.05) is 0 Å². The van der Waals surface area contributed by atoms with Crippen molar-refractivity contribution < 1.29 is 10.3 Å². The highest BCUT2D eigenvalue weighted by Gasteiger charge is 2.62. The van der Waals surface area contributed by atoms with Crippen molar-refractivity contribution in [1.29, 1.82) is 0 Å². The van der Waals surface area contributed by atoms with Gasteiger partial charge in [0.1, 0.15) is 0 Å². The Kier molecular flexibility index (Phi) is 3.38. The molecule has 4 aliphatic carbocycles. The second-order valence-corrected chi connectivity index (χ2v) is 9.10. The van der Waals surface area contributed by atoms with E-state index in [9.17, 15) is 10.3 Å². The molecule has 4 fully saturated rings. The van der Waals surface area contributed by atoms with Crippen molar-refractivity contribution in [3.05, 3.63) is 0 Å². The van der Waals surface area contributed by atoms with Gasteiger partial charge in [0.2, 0.25) is 0 Å². The third-order valence-electron chi connectivity index (χ3n) is 8.38. The average molecular weight is 305 g/mol. The summed E-state index contributed by atoms with van der Waals surface area (Å²) < 4.78 is 0. The second kappa shape index (κ2) is 4.96. The van der Waals surface area contributed by atoms with E-state index in [0.29, 0.717) is 23.2 Å². The fourth-order valence-corrected chi connectivity index (χ4v) is 7.37. The van der Waals surface area contributed by atoms with Crippen molar-refractivity contribution in [2.24, 2.45) is 39.7 Å².